The van der Waals surface area contributed by atoms with Crippen LogP contribution in [0.3, 0.4) is 0 Å². The molecule has 0 aliphatic rings. The van der Waals surface area contributed by atoms with Crippen LogP contribution in [-0.2, 0) is 20.0 Å². The summed E-state index contributed by atoms with van der Waals surface area (Å²) in [7, 11) is -8.56. The maximum atomic E-state index is 12.8. The summed E-state index contributed by atoms with van der Waals surface area (Å²) in [5, 5.41) is 16.1. The van der Waals surface area contributed by atoms with Crippen molar-refractivity contribution in [3.05, 3.63) is 156 Å². The van der Waals surface area contributed by atoms with Crippen molar-refractivity contribution >= 4 is 101 Å². The quantitative estimate of drug-likeness (QED) is 0.0583. The fraction of sp³-hybridized carbons (Fsp3) is 0. The predicted molar refractivity (Wildman–Crippen MR) is 233 cm³/mol. The van der Waals surface area contributed by atoms with Crippen LogP contribution in [0, 0.1) is 0 Å². The lowest BCUT2D eigenvalue weighted by Gasteiger charge is -2.12. The topological polar surface area (TPSA) is 242 Å². The molecule has 0 spiro atoms. The van der Waals surface area contributed by atoms with Gasteiger partial charge in [-0.3, -0.25) is 0 Å². The van der Waals surface area contributed by atoms with E-state index < -0.39 is 44.2 Å². The van der Waals surface area contributed by atoms with Gasteiger partial charge in [0.1, 0.15) is 11.5 Å². The average Bonchev–Trinajstić information content (AvgIpc) is 3.19. The van der Waals surface area contributed by atoms with E-state index >= 15 is 0 Å². The molecular weight excluding hydrogens is 872 g/mol. The first-order chi connectivity index (χ1) is 29.1. The summed E-state index contributed by atoms with van der Waals surface area (Å²) in [6, 6.07) is 32.1. The Morgan fingerprint density at radius 1 is 0.377 bits per heavy atom. The zero-order chi connectivity index (χ0) is 43.6. The largest absolute Gasteiger partial charge is 0.457 e. The van der Waals surface area contributed by atoms with Crippen LogP contribution in [0.2, 0.25) is 10.0 Å². The second-order valence-corrected chi connectivity index (χ2v) is 16.7. The fourth-order valence-corrected chi connectivity index (χ4v) is 7.37. The third kappa shape index (κ3) is 12.8. The Morgan fingerprint density at radius 3 is 1.00 bits per heavy atom. The van der Waals surface area contributed by atoms with Crippen molar-refractivity contribution in [2.45, 2.75) is 9.79 Å². The number of hydrogen-bond acceptors (Lipinski definition) is 9. The Morgan fingerprint density at radius 2 is 0.672 bits per heavy atom. The summed E-state index contributed by atoms with van der Waals surface area (Å²) >= 11 is 11.8. The summed E-state index contributed by atoms with van der Waals surface area (Å²) in [5.74, 6) is 0.696. The van der Waals surface area contributed by atoms with Gasteiger partial charge in [-0.15, -0.1) is 0 Å². The lowest BCUT2D eigenvalue weighted by molar-refractivity contribution is 0.255. The van der Waals surface area contributed by atoms with E-state index in [1.807, 2.05) is 9.44 Å². The van der Waals surface area contributed by atoms with Crippen molar-refractivity contribution in [1.82, 2.24) is 9.44 Å². The minimum atomic E-state index is -4.28. The maximum absolute atomic E-state index is 12.8. The number of anilines is 6. The van der Waals surface area contributed by atoms with E-state index in [0.29, 0.717) is 44.3 Å². The molecule has 0 aromatic heterocycles. The van der Waals surface area contributed by atoms with E-state index in [1.165, 1.54) is 97.1 Å². The molecule has 8 N–H and O–H groups in total. The minimum absolute atomic E-state index is 0.227. The van der Waals surface area contributed by atoms with Crippen LogP contribution < -0.4 is 46.1 Å². The molecule has 0 saturated carbocycles. The van der Waals surface area contributed by atoms with Crippen LogP contribution in [0.1, 0.15) is 0 Å². The lowest BCUT2D eigenvalue weighted by Crippen LogP contribution is -2.34. The van der Waals surface area contributed by atoms with E-state index in [2.05, 4.69) is 31.9 Å². The molecule has 21 heteroatoms. The van der Waals surface area contributed by atoms with Gasteiger partial charge in [-0.25, -0.2) is 45.5 Å². The molecule has 0 bridgehead atoms. The van der Waals surface area contributed by atoms with Gasteiger partial charge < -0.3 is 36.6 Å². The van der Waals surface area contributed by atoms with Crippen LogP contribution in [-0.4, -0.2) is 41.0 Å². The Balaban J connectivity index is 0.933. The first-order valence-electron chi connectivity index (χ1n) is 17.5. The normalized spacial score (nSPS) is 11.0. The Bertz CT molecular complexity index is 2610. The molecule has 6 aromatic carbocycles. The Hall–Kier alpha value is -7.32. The Labute approximate surface area is 358 Å². The first kappa shape index (κ1) is 43.3. The molecule has 312 valence electrons. The Kier molecular flexibility index (Phi) is 13.6. The second kappa shape index (κ2) is 19.2. The number of ether oxygens (including phenoxy) is 1. The zero-order valence-electron chi connectivity index (χ0n) is 31.1. The van der Waals surface area contributed by atoms with Gasteiger partial charge in [0.05, 0.1) is 9.79 Å². The van der Waals surface area contributed by atoms with E-state index in [1.54, 1.807) is 48.5 Å². The minimum Gasteiger partial charge on any atom is -0.457 e. The third-order valence-corrected chi connectivity index (χ3v) is 11.1. The number of nitrogens with one attached hydrogen (secondary N) is 8. The summed E-state index contributed by atoms with van der Waals surface area (Å²) in [6.07, 6.45) is 0. The summed E-state index contributed by atoms with van der Waals surface area (Å²) in [5.41, 5.74) is 2.00. The monoisotopic (exact) mass is 902 g/mol. The van der Waals surface area contributed by atoms with E-state index in [0.717, 1.165) is 0 Å². The SMILES string of the molecule is O=C(Nc1ccc(S(=O)(=O)NC(=O)Nc2ccc(Oc3ccc(NC(=O)NS(=O)(=O)c4ccc(NC(=O)Nc5cccc(Cl)c5)cc4)cc3)cc2)cc1)Nc1cccc(Cl)c1. The molecule has 0 aliphatic heterocycles. The number of carbonyl (C=O) groups is 4. The summed E-state index contributed by atoms with van der Waals surface area (Å²) in [6.45, 7) is 0. The molecule has 8 amide bonds. The number of benzene rings is 6. The van der Waals surface area contributed by atoms with Gasteiger partial charge in [-0.2, -0.15) is 0 Å². The van der Waals surface area contributed by atoms with Crippen LogP contribution in [0.4, 0.5) is 53.3 Å². The van der Waals surface area contributed by atoms with Crippen LogP contribution in [0.5, 0.6) is 11.5 Å². The first-order valence-corrected chi connectivity index (χ1v) is 21.2. The fourth-order valence-electron chi connectivity index (χ4n) is 5.18. The summed E-state index contributed by atoms with van der Waals surface area (Å²) < 4.78 is 60.9. The zero-order valence-corrected chi connectivity index (χ0v) is 34.2. The third-order valence-electron chi connectivity index (χ3n) is 7.92. The van der Waals surface area contributed by atoms with Gasteiger partial charge in [-0.05, 0) is 133 Å². The van der Waals surface area contributed by atoms with Crippen LogP contribution >= 0.6 is 23.2 Å². The molecule has 0 radical (unpaired) electrons. The van der Waals surface area contributed by atoms with Gasteiger partial charge >= 0.3 is 24.1 Å². The van der Waals surface area contributed by atoms with Gasteiger partial charge in [0.15, 0.2) is 0 Å². The molecule has 0 aliphatic carbocycles. The van der Waals surface area contributed by atoms with E-state index in [4.69, 9.17) is 27.9 Å². The molecular formula is C40H32Cl2N8O9S2. The molecule has 6 rings (SSSR count). The molecule has 61 heavy (non-hydrogen) atoms. The van der Waals surface area contributed by atoms with E-state index in [9.17, 15) is 36.0 Å². The number of halogens is 2. The van der Waals surface area contributed by atoms with Crippen molar-refractivity contribution < 1.29 is 40.8 Å². The molecule has 0 saturated heterocycles. The van der Waals surface area contributed by atoms with E-state index in [-0.39, 0.29) is 21.2 Å². The number of sulfonamides is 2. The standard InChI is InChI=1S/C40H32Cl2N8O9S2/c41-25-3-1-5-31(23-25)47-37(51)43-29-11-19-35(20-12-29)60(55,56)49-39(53)45-27-7-15-33(16-8-27)59-34-17-9-28(10-18-34)46-40(54)50-61(57,58)36-21-13-30(14-22-36)44-38(52)48-32-6-2-4-26(42)24-32/h1-24H,(H2,43,47,51)(H2,44,48,52)(H2,45,49,53)(H2,46,50,54). The smallest absolute Gasteiger partial charge is 0.333 e. The van der Waals surface area contributed by atoms with Gasteiger partial charge in [0, 0.05) is 44.2 Å². The molecule has 6 aromatic rings. The number of hydrogen-bond donors (Lipinski definition) is 8. The van der Waals surface area contributed by atoms with Crippen molar-refractivity contribution in [3.63, 3.8) is 0 Å². The number of carbonyl (C=O) groups excluding carboxylic acids is 4. The highest BCUT2D eigenvalue weighted by molar-refractivity contribution is 7.90. The predicted octanol–water partition coefficient (Wildman–Crippen LogP) is 9.09. The number of amides is 8. The van der Waals surface area contributed by atoms with Crippen molar-refractivity contribution in [3.8, 4) is 11.5 Å². The van der Waals surface area contributed by atoms with Crippen LogP contribution in [0.25, 0.3) is 0 Å². The highest BCUT2D eigenvalue weighted by Crippen LogP contribution is 2.25. The maximum Gasteiger partial charge on any atom is 0.333 e. The van der Waals surface area contributed by atoms with Crippen molar-refractivity contribution in [2.24, 2.45) is 0 Å². The second-order valence-electron chi connectivity index (χ2n) is 12.5. The molecule has 0 unspecified atom stereocenters. The lowest BCUT2D eigenvalue weighted by atomic mass is 10.3. The highest BCUT2D eigenvalue weighted by atomic mass is 35.5. The van der Waals surface area contributed by atoms with Gasteiger partial charge in [0.2, 0.25) is 0 Å². The van der Waals surface area contributed by atoms with Gasteiger partial charge in [0.25, 0.3) is 20.0 Å². The molecule has 0 atom stereocenters. The van der Waals surface area contributed by atoms with Crippen LogP contribution in [0.15, 0.2) is 155 Å². The highest BCUT2D eigenvalue weighted by Gasteiger charge is 2.20. The summed E-state index contributed by atoms with van der Waals surface area (Å²) in [4.78, 5) is 49.2. The molecule has 0 heterocycles. The molecule has 0 fully saturated rings. The van der Waals surface area contributed by atoms with Crippen molar-refractivity contribution in [1.29, 1.82) is 0 Å². The molecule has 17 nitrogen and oxygen atoms in total. The number of urea groups is 4. The number of rotatable bonds is 12. The van der Waals surface area contributed by atoms with Crippen molar-refractivity contribution in [2.75, 3.05) is 31.9 Å². The average molecular weight is 904 g/mol. The van der Waals surface area contributed by atoms with Gasteiger partial charge in [-0.1, -0.05) is 35.3 Å².